The van der Waals surface area contributed by atoms with Crippen LogP contribution >= 0.6 is 12.4 Å². The van der Waals surface area contributed by atoms with E-state index in [2.05, 4.69) is 24.3 Å². The van der Waals surface area contributed by atoms with E-state index in [1.165, 1.54) is 5.69 Å². The van der Waals surface area contributed by atoms with Crippen LogP contribution in [0.3, 0.4) is 0 Å². The number of halogens is 1. The standard InChI is InChI=1S/C9H17N3.ClH/c1-8(2)6-10-7-9-4-5-11-12(9)3;/h4-5,8,10H,6-7H2,1-3H3;1H. The third kappa shape index (κ3) is 4.29. The van der Waals surface area contributed by atoms with E-state index in [4.69, 9.17) is 0 Å². The largest absolute Gasteiger partial charge is 0.311 e. The first kappa shape index (κ1) is 12.5. The third-order valence-corrected chi connectivity index (χ3v) is 1.78. The minimum Gasteiger partial charge on any atom is -0.311 e. The van der Waals surface area contributed by atoms with Gasteiger partial charge in [-0.15, -0.1) is 12.4 Å². The Labute approximate surface area is 85.9 Å². The molecule has 0 radical (unpaired) electrons. The molecular formula is C9H18ClN3. The summed E-state index contributed by atoms with van der Waals surface area (Å²) in [6.45, 7) is 6.38. The lowest BCUT2D eigenvalue weighted by Crippen LogP contribution is -2.20. The summed E-state index contributed by atoms with van der Waals surface area (Å²) in [4.78, 5) is 0. The molecule has 1 heterocycles. The molecule has 76 valence electrons. The Bertz CT molecular complexity index is 233. The fraction of sp³-hybridized carbons (Fsp3) is 0.667. The van der Waals surface area contributed by atoms with Gasteiger partial charge >= 0.3 is 0 Å². The molecule has 3 nitrogen and oxygen atoms in total. The molecule has 0 aliphatic heterocycles. The summed E-state index contributed by atoms with van der Waals surface area (Å²) in [5.74, 6) is 0.707. The minimum atomic E-state index is 0. The van der Waals surface area contributed by atoms with Crippen molar-refractivity contribution in [2.45, 2.75) is 20.4 Å². The van der Waals surface area contributed by atoms with E-state index in [-0.39, 0.29) is 12.4 Å². The molecule has 0 fully saturated rings. The quantitative estimate of drug-likeness (QED) is 0.806. The second-order valence-electron chi connectivity index (χ2n) is 3.47. The van der Waals surface area contributed by atoms with Crippen LogP contribution in [0.2, 0.25) is 0 Å². The first-order valence-electron chi connectivity index (χ1n) is 4.37. The van der Waals surface area contributed by atoms with Gasteiger partial charge in [0.1, 0.15) is 0 Å². The zero-order valence-corrected chi connectivity index (χ0v) is 9.27. The average Bonchev–Trinajstić information content (AvgIpc) is 2.36. The maximum Gasteiger partial charge on any atom is 0.0518 e. The maximum atomic E-state index is 4.09. The summed E-state index contributed by atoms with van der Waals surface area (Å²) in [5, 5.41) is 7.46. The Morgan fingerprint density at radius 2 is 2.23 bits per heavy atom. The summed E-state index contributed by atoms with van der Waals surface area (Å²) in [5.41, 5.74) is 1.23. The molecule has 1 aromatic rings. The highest BCUT2D eigenvalue weighted by molar-refractivity contribution is 5.85. The fourth-order valence-electron chi connectivity index (χ4n) is 1.06. The van der Waals surface area contributed by atoms with Crippen molar-refractivity contribution in [3.05, 3.63) is 18.0 Å². The summed E-state index contributed by atoms with van der Waals surface area (Å²) in [7, 11) is 1.96. The van der Waals surface area contributed by atoms with E-state index >= 15 is 0 Å². The number of hydrogen-bond donors (Lipinski definition) is 1. The number of aromatic nitrogens is 2. The highest BCUT2D eigenvalue weighted by Gasteiger charge is 1.97. The molecule has 0 aliphatic rings. The Balaban J connectivity index is 0.00000144. The van der Waals surface area contributed by atoms with Crippen molar-refractivity contribution in [1.29, 1.82) is 0 Å². The van der Waals surface area contributed by atoms with Crippen LogP contribution in [0.15, 0.2) is 12.3 Å². The zero-order chi connectivity index (χ0) is 8.97. The smallest absolute Gasteiger partial charge is 0.0518 e. The van der Waals surface area contributed by atoms with E-state index in [1.54, 1.807) is 0 Å². The Morgan fingerprint density at radius 1 is 1.54 bits per heavy atom. The molecule has 0 amide bonds. The SMILES string of the molecule is CC(C)CNCc1ccnn1C.Cl. The molecule has 0 aliphatic carbocycles. The summed E-state index contributed by atoms with van der Waals surface area (Å²) in [6.07, 6.45) is 1.83. The number of rotatable bonds is 4. The van der Waals surface area contributed by atoms with Crippen LogP contribution in [0.5, 0.6) is 0 Å². The Morgan fingerprint density at radius 3 is 2.69 bits per heavy atom. The van der Waals surface area contributed by atoms with Crippen LogP contribution in [0, 0.1) is 5.92 Å². The van der Waals surface area contributed by atoms with E-state index in [0.717, 1.165) is 13.1 Å². The van der Waals surface area contributed by atoms with Gasteiger partial charge in [0, 0.05) is 19.8 Å². The predicted octanol–water partition coefficient (Wildman–Crippen LogP) is 1.59. The molecule has 0 atom stereocenters. The van der Waals surface area contributed by atoms with Crippen LogP contribution in [0.1, 0.15) is 19.5 Å². The van der Waals surface area contributed by atoms with E-state index < -0.39 is 0 Å². The molecule has 0 saturated carbocycles. The molecule has 0 aromatic carbocycles. The fourth-order valence-corrected chi connectivity index (χ4v) is 1.06. The van der Waals surface area contributed by atoms with Gasteiger partial charge in [-0.25, -0.2) is 0 Å². The molecule has 4 heteroatoms. The van der Waals surface area contributed by atoms with Gasteiger partial charge in [0.25, 0.3) is 0 Å². The first-order valence-corrected chi connectivity index (χ1v) is 4.37. The molecule has 0 unspecified atom stereocenters. The average molecular weight is 204 g/mol. The van der Waals surface area contributed by atoms with E-state index in [9.17, 15) is 0 Å². The van der Waals surface area contributed by atoms with Crippen LogP contribution in [-0.4, -0.2) is 16.3 Å². The van der Waals surface area contributed by atoms with Gasteiger partial charge in [-0.2, -0.15) is 5.10 Å². The molecule has 1 aromatic heterocycles. The predicted molar refractivity (Wildman–Crippen MR) is 57.0 cm³/mol. The van der Waals surface area contributed by atoms with E-state index in [1.807, 2.05) is 24.0 Å². The highest BCUT2D eigenvalue weighted by atomic mass is 35.5. The lowest BCUT2D eigenvalue weighted by Gasteiger charge is -2.06. The molecule has 13 heavy (non-hydrogen) atoms. The molecule has 0 spiro atoms. The summed E-state index contributed by atoms with van der Waals surface area (Å²) >= 11 is 0. The van der Waals surface area contributed by atoms with Gasteiger partial charge in [-0.1, -0.05) is 13.8 Å². The summed E-state index contributed by atoms with van der Waals surface area (Å²) < 4.78 is 1.90. The zero-order valence-electron chi connectivity index (χ0n) is 8.45. The van der Waals surface area contributed by atoms with Gasteiger partial charge < -0.3 is 5.32 Å². The van der Waals surface area contributed by atoms with Crippen molar-refractivity contribution in [3.63, 3.8) is 0 Å². The molecular weight excluding hydrogens is 186 g/mol. The number of aryl methyl sites for hydroxylation is 1. The first-order chi connectivity index (χ1) is 5.70. The Kier molecular flexibility index (Phi) is 5.75. The molecule has 1 N–H and O–H groups in total. The molecule has 0 bridgehead atoms. The normalized spacial score (nSPS) is 10.2. The van der Waals surface area contributed by atoms with E-state index in [0.29, 0.717) is 5.92 Å². The van der Waals surface area contributed by atoms with Crippen LogP contribution in [0.4, 0.5) is 0 Å². The van der Waals surface area contributed by atoms with Gasteiger partial charge in [0.05, 0.1) is 5.69 Å². The van der Waals surface area contributed by atoms with Crippen LogP contribution < -0.4 is 5.32 Å². The van der Waals surface area contributed by atoms with Crippen LogP contribution in [0.25, 0.3) is 0 Å². The molecule has 0 saturated heterocycles. The van der Waals surface area contributed by atoms with Crippen molar-refractivity contribution >= 4 is 12.4 Å². The van der Waals surface area contributed by atoms with Gasteiger partial charge in [0.15, 0.2) is 0 Å². The number of nitrogens with zero attached hydrogens (tertiary/aromatic N) is 2. The highest BCUT2D eigenvalue weighted by Crippen LogP contribution is 1.95. The van der Waals surface area contributed by atoms with Crippen molar-refractivity contribution < 1.29 is 0 Å². The minimum absolute atomic E-state index is 0. The topological polar surface area (TPSA) is 29.9 Å². The van der Waals surface area contributed by atoms with Crippen LogP contribution in [-0.2, 0) is 13.6 Å². The Hall–Kier alpha value is -0.540. The van der Waals surface area contributed by atoms with Crippen molar-refractivity contribution in [2.24, 2.45) is 13.0 Å². The van der Waals surface area contributed by atoms with Gasteiger partial charge in [0.2, 0.25) is 0 Å². The van der Waals surface area contributed by atoms with Crippen molar-refractivity contribution in [2.75, 3.05) is 6.54 Å². The van der Waals surface area contributed by atoms with Gasteiger partial charge in [-0.05, 0) is 18.5 Å². The second kappa shape index (κ2) is 6.00. The lowest BCUT2D eigenvalue weighted by molar-refractivity contribution is 0.536. The summed E-state index contributed by atoms with van der Waals surface area (Å²) in [6, 6.07) is 2.04. The number of hydrogen-bond acceptors (Lipinski definition) is 2. The van der Waals surface area contributed by atoms with Crippen molar-refractivity contribution in [1.82, 2.24) is 15.1 Å². The molecule has 1 rings (SSSR count). The van der Waals surface area contributed by atoms with Crippen molar-refractivity contribution in [3.8, 4) is 0 Å². The monoisotopic (exact) mass is 203 g/mol. The maximum absolute atomic E-state index is 4.09. The second-order valence-corrected chi connectivity index (χ2v) is 3.47. The number of nitrogens with one attached hydrogen (secondary N) is 1. The third-order valence-electron chi connectivity index (χ3n) is 1.78. The lowest BCUT2D eigenvalue weighted by atomic mass is 10.2. The van der Waals surface area contributed by atoms with Gasteiger partial charge in [-0.3, -0.25) is 4.68 Å².